The van der Waals surface area contributed by atoms with Crippen LogP contribution in [0, 0.1) is 6.92 Å². The summed E-state index contributed by atoms with van der Waals surface area (Å²) in [5.74, 6) is 0.747. The van der Waals surface area contributed by atoms with E-state index in [4.69, 9.17) is 9.47 Å². The molecule has 21 heavy (non-hydrogen) atoms. The van der Waals surface area contributed by atoms with E-state index in [1.54, 1.807) is 11.1 Å². The lowest BCUT2D eigenvalue weighted by atomic mass is 10.1. The summed E-state index contributed by atoms with van der Waals surface area (Å²) >= 11 is 0. The average Bonchev–Trinajstić information content (AvgIpc) is 2.40. The second-order valence-corrected chi connectivity index (χ2v) is 6.44. The minimum atomic E-state index is -0.467. The number of likely N-dealkylation sites (tertiary alicyclic amines) is 1. The molecule has 2 rings (SSSR count). The SMILES string of the molecule is Cc1ccc(O[C@@H]2CCCN(C(=O)OC(C)(C)C)C2)cn1. The first-order valence-electron chi connectivity index (χ1n) is 7.41. The van der Waals surface area contributed by atoms with E-state index in [2.05, 4.69) is 4.98 Å². The molecule has 2 heterocycles. The molecule has 1 atom stereocenters. The number of pyridine rings is 1. The van der Waals surface area contributed by atoms with Crippen LogP contribution < -0.4 is 4.74 Å². The molecule has 1 saturated heterocycles. The molecule has 0 unspecified atom stereocenters. The van der Waals surface area contributed by atoms with E-state index in [0.717, 1.165) is 30.8 Å². The van der Waals surface area contributed by atoms with E-state index in [1.807, 2.05) is 39.8 Å². The van der Waals surface area contributed by atoms with Crippen LogP contribution in [0.2, 0.25) is 0 Å². The number of piperidine rings is 1. The molecule has 1 aromatic heterocycles. The standard InChI is InChI=1S/C16H24N2O3/c1-12-7-8-13(10-17-12)20-14-6-5-9-18(11-14)15(19)21-16(2,3)4/h7-8,10,14H,5-6,9,11H2,1-4H3/t14-/m1/s1. The molecule has 5 nitrogen and oxygen atoms in total. The highest BCUT2D eigenvalue weighted by molar-refractivity contribution is 5.68. The summed E-state index contributed by atoms with van der Waals surface area (Å²) in [5, 5.41) is 0. The van der Waals surface area contributed by atoms with E-state index in [1.165, 1.54) is 0 Å². The van der Waals surface area contributed by atoms with Gasteiger partial charge in [-0.3, -0.25) is 4.98 Å². The largest absolute Gasteiger partial charge is 0.487 e. The van der Waals surface area contributed by atoms with Gasteiger partial charge in [0.05, 0.1) is 12.7 Å². The topological polar surface area (TPSA) is 51.7 Å². The molecular formula is C16H24N2O3. The Labute approximate surface area is 126 Å². The van der Waals surface area contributed by atoms with Crippen molar-refractivity contribution in [3.8, 4) is 5.75 Å². The Morgan fingerprint density at radius 2 is 2.14 bits per heavy atom. The highest BCUT2D eigenvalue weighted by atomic mass is 16.6. The fraction of sp³-hybridized carbons (Fsp3) is 0.625. The highest BCUT2D eigenvalue weighted by Crippen LogP contribution is 2.20. The van der Waals surface area contributed by atoms with Gasteiger partial charge < -0.3 is 14.4 Å². The molecule has 0 saturated carbocycles. The first-order valence-corrected chi connectivity index (χ1v) is 7.41. The van der Waals surface area contributed by atoms with Gasteiger partial charge in [-0.25, -0.2) is 4.79 Å². The Morgan fingerprint density at radius 1 is 1.38 bits per heavy atom. The molecule has 0 spiro atoms. The lowest BCUT2D eigenvalue weighted by molar-refractivity contribution is 0.00772. The van der Waals surface area contributed by atoms with Crippen molar-refractivity contribution in [2.24, 2.45) is 0 Å². The molecule has 0 radical (unpaired) electrons. The van der Waals surface area contributed by atoms with Crippen molar-refractivity contribution in [1.29, 1.82) is 0 Å². The summed E-state index contributed by atoms with van der Waals surface area (Å²) in [6.07, 6.45) is 3.31. The zero-order valence-electron chi connectivity index (χ0n) is 13.3. The molecule has 0 bridgehead atoms. The molecule has 1 aliphatic rings. The Hall–Kier alpha value is -1.78. The van der Waals surface area contributed by atoms with Crippen molar-refractivity contribution < 1.29 is 14.3 Å². The summed E-state index contributed by atoms with van der Waals surface area (Å²) < 4.78 is 11.3. The van der Waals surface area contributed by atoms with Crippen LogP contribution in [-0.4, -0.2) is 40.8 Å². The number of aryl methyl sites for hydroxylation is 1. The summed E-state index contributed by atoms with van der Waals surface area (Å²) in [7, 11) is 0. The van der Waals surface area contributed by atoms with E-state index in [-0.39, 0.29) is 12.2 Å². The first-order chi connectivity index (χ1) is 9.83. The molecule has 1 amide bonds. The number of hydrogen-bond acceptors (Lipinski definition) is 4. The van der Waals surface area contributed by atoms with Gasteiger partial charge in [0.2, 0.25) is 0 Å². The molecule has 1 fully saturated rings. The van der Waals surface area contributed by atoms with Crippen molar-refractivity contribution in [3.05, 3.63) is 24.0 Å². The number of aromatic nitrogens is 1. The van der Waals surface area contributed by atoms with Crippen molar-refractivity contribution in [1.82, 2.24) is 9.88 Å². The van der Waals surface area contributed by atoms with Crippen molar-refractivity contribution in [2.75, 3.05) is 13.1 Å². The fourth-order valence-corrected chi connectivity index (χ4v) is 2.24. The lowest BCUT2D eigenvalue weighted by Crippen LogP contribution is -2.46. The van der Waals surface area contributed by atoms with Gasteiger partial charge in [0.15, 0.2) is 0 Å². The third-order valence-electron chi connectivity index (χ3n) is 3.22. The van der Waals surface area contributed by atoms with Crippen molar-refractivity contribution in [2.45, 2.75) is 52.2 Å². The van der Waals surface area contributed by atoms with Crippen LogP contribution in [0.25, 0.3) is 0 Å². The third-order valence-corrected chi connectivity index (χ3v) is 3.22. The van der Waals surface area contributed by atoms with Gasteiger partial charge >= 0.3 is 6.09 Å². The van der Waals surface area contributed by atoms with Gasteiger partial charge in [0, 0.05) is 12.2 Å². The maximum atomic E-state index is 12.1. The fourth-order valence-electron chi connectivity index (χ4n) is 2.24. The van der Waals surface area contributed by atoms with Crippen molar-refractivity contribution >= 4 is 6.09 Å². The summed E-state index contributed by atoms with van der Waals surface area (Å²) in [4.78, 5) is 18.0. The molecular weight excluding hydrogens is 268 g/mol. The molecule has 1 aromatic rings. The summed E-state index contributed by atoms with van der Waals surface area (Å²) in [5.41, 5.74) is 0.493. The van der Waals surface area contributed by atoms with Crippen LogP contribution in [0.4, 0.5) is 4.79 Å². The van der Waals surface area contributed by atoms with Gasteiger partial charge in [0.1, 0.15) is 17.5 Å². The number of carbonyl (C=O) groups excluding carboxylic acids is 1. The van der Waals surface area contributed by atoms with Gasteiger partial charge in [0.25, 0.3) is 0 Å². The summed E-state index contributed by atoms with van der Waals surface area (Å²) in [6, 6.07) is 3.83. The van der Waals surface area contributed by atoms with Crippen LogP contribution in [-0.2, 0) is 4.74 Å². The Morgan fingerprint density at radius 3 is 2.76 bits per heavy atom. The number of carbonyl (C=O) groups is 1. The minimum absolute atomic E-state index is 0.00391. The second kappa shape index (κ2) is 6.33. The molecule has 0 aromatic carbocycles. The number of amides is 1. The molecule has 0 N–H and O–H groups in total. The van der Waals surface area contributed by atoms with E-state index >= 15 is 0 Å². The maximum Gasteiger partial charge on any atom is 0.410 e. The van der Waals surface area contributed by atoms with E-state index < -0.39 is 5.60 Å². The lowest BCUT2D eigenvalue weighted by Gasteiger charge is -2.34. The van der Waals surface area contributed by atoms with E-state index in [9.17, 15) is 4.79 Å². The predicted molar refractivity (Wildman–Crippen MR) is 80.4 cm³/mol. The monoisotopic (exact) mass is 292 g/mol. The number of hydrogen-bond donors (Lipinski definition) is 0. The highest BCUT2D eigenvalue weighted by Gasteiger charge is 2.28. The van der Waals surface area contributed by atoms with Gasteiger partial charge in [-0.2, -0.15) is 0 Å². The third kappa shape index (κ3) is 4.92. The summed E-state index contributed by atoms with van der Waals surface area (Å²) in [6.45, 7) is 8.85. The van der Waals surface area contributed by atoms with Gasteiger partial charge in [-0.1, -0.05) is 0 Å². The Kier molecular flexibility index (Phi) is 4.70. The van der Waals surface area contributed by atoms with Gasteiger partial charge in [-0.15, -0.1) is 0 Å². The maximum absolute atomic E-state index is 12.1. The molecule has 5 heteroatoms. The van der Waals surface area contributed by atoms with Crippen LogP contribution in [0.1, 0.15) is 39.3 Å². The van der Waals surface area contributed by atoms with Crippen LogP contribution in [0.5, 0.6) is 5.75 Å². The first kappa shape index (κ1) is 15.6. The normalized spacial score (nSPS) is 19.2. The van der Waals surface area contributed by atoms with Crippen LogP contribution in [0.3, 0.4) is 0 Å². The smallest absolute Gasteiger partial charge is 0.410 e. The average molecular weight is 292 g/mol. The number of rotatable bonds is 2. The number of nitrogens with zero attached hydrogens (tertiary/aromatic N) is 2. The van der Waals surface area contributed by atoms with Crippen LogP contribution >= 0.6 is 0 Å². The van der Waals surface area contributed by atoms with Gasteiger partial charge in [-0.05, 0) is 52.7 Å². The molecule has 0 aliphatic carbocycles. The Bertz CT molecular complexity index is 479. The Balaban J connectivity index is 1.91. The van der Waals surface area contributed by atoms with Crippen molar-refractivity contribution in [3.63, 3.8) is 0 Å². The quantitative estimate of drug-likeness (QED) is 0.840. The second-order valence-electron chi connectivity index (χ2n) is 6.44. The zero-order valence-corrected chi connectivity index (χ0v) is 13.3. The number of ether oxygens (including phenoxy) is 2. The predicted octanol–water partition coefficient (Wildman–Crippen LogP) is 3.17. The van der Waals surface area contributed by atoms with E-state index in [0.29, 0.717) is 6.54 Å². The molecule has 116 valence electrons. The zero-order chi connectivity index (χ0) is 15.5. The minimum Gasteiger partial charge on any atom is -0.487 e. The molecule has 1 aliphatic heterocycles. The van der Waals surface area contributed by atoms with Crippen LogP contribution in [0.15, 0.2) is 18.3 Å².